The maximum atomic E-state index is 6.50. The molecule has 3 aromatic heterocycles. The molecule has 0 amide bonds. The van der Waals surface area contributed by atoms with Gasteiger partial charge in [0.1, 0.15) is 11.2 Å². The second-order valence-corrected chi connectivity index (χ2v) is 17.0. The molecule has 272 valence electrons. The molecule has 0 saturated carbocycles. The van der Waals surface area contributed by atoms with E-state index in [1.165, 1.54) is 57.2 Å². The fraction of sp³-hybridized carbons (Fsp3) is 0. The summed E-state index contributed by atoms with van der Waals surface area (Å²) in [6, 6.07) is 72.6. The first-order valence-corrected chi connectivity index (χ1v) is 21.2. The Morgan fingerprint density at radius 2 is 0.897 bits per heavy atom. The van der Waals surface area contributed by atoms with Crippen LogP contribution < -0.4 is 4.90 Å². The predicted octanol–water partition coefficient (Wildman–Crippen LogP) is 16.8. The van der Waals surface area contributed by atoms with Gasteiger partial charge in [0.15, 0.2) is 0 Å². The molecule has 12 rings (SSSR count). The van der Waals surface area contributed by atoms with E-state index in [9.17, 15) is 0 Å². The quantitative estimate of drug-likeness (QED) is 0.167. The van der Waals surface area contributed by atoms with Crippen molar-refractivity contribution in [1.82, 2.24) is 0 Å². The molecule has 0 N–H and O–H groups in total. The van der Waals surface area contributed by atoms with Gasteiger partial charge in [-0.2, -0.15) is 0 Å². The number of nitrogens with zero attached hydrogens (tertiary/aromatic N) is 1. The molecule has 0 bridgehead atoms. The van der Waals surface area contributed by atoms with Gasteiger partial charge in [-0.05, 0) is 101 Å². The van der Waals surface area contributed by atoms with Crippen LogP contribution in [0.4, 0.5) is 17.1 Å². The molecule has 0 saturated heterocycles. The maximum absolute atomic E-state index is 6.50. The first-order valence-electron chi connectivity index (χ1n) is 19.6. The minimum absolute atomic E-state index is 0.896. The van der Waals surface area contributed by atoms with Crippen LogP contribution in [0.3, 0.4) is 0 Å². The topological polar surface area (TPSA) is 16.4 Å². The van der Waals surface area contributed by atoms with Gasteiger partial charge in [-0.15, -0.1) is 22.7 Å². The summed E-state index contributed by atoms with van der Waals surface area (Å²) in [5, 5.41) is 7.45. The summed E-state index contributed by atoms with van der Waals surface area (Å²) in [4.78, 5) is 2.42. The Labute approximate surface area is 343 Å². The van der Waals surface area contributed by atoms with Gasteiger partial charge >= 0.3 is 0 Å². The van der Waals surface area contributed by atoms with Gasteiger partial charge in [0.25, 0.3) is 0 Å². The van der Waals surface area contributed by atoms with Crippen molar-refractivity contribution in [1.29, 1.82) is 0 Å². The number of fused-ring (bicyclic) bond motifs is 9. The van der Waals surface area contributed by atoms with Crippen molar-refractivity contribution in [3.63, 3.8) is 0 Å². The van der Waals surface area contributed by atoms with Crippen LogP contribution in [0.15, 0.2) is 205 Å². The molecule has 0 spiro atoms. The van der Waals surface area contributed by atoms with Crippen molar-refractivity contribution < 1.29 is 4.42 Å². The summed E-state index contributed by atoms with van der Waals surface area (Å²) >= 11 is 3.71. The Kier molecular flexibility index (Phi) is 7.62. The Balaban J connectivity index is 0.958. The van der Waals surface area contributed by atoms with Crippen LogP contribution in [0.25, 0.3) is 95.7 Å². The molecule has 0 aliphatic carbocycles. The van der Waals surface area contributed by atoms with E-state index in [2.05, 4.69) is 199 Å². The lowest BCUT2D eigenvalue weighted by atomic mass is 9.99. The summed E-state index contributed by atoms with van der Waals surface area (Å²) in [6.45, 7) is 0. The van der Waals surface area contributed by atoms with Crippen molar-refractivity contribution in [2.45, 2.75) is 0 Å². The van der Waals surface area contributed by atoms with Crippen LogP contribution in [0.1, 0.15) is 0 Å². The zero-order valence-corrected chi connectivity index (χ0v) is 32.9. The van der Waals surface area contributed by atoms with E-state index >= 15 is 0 Å². The molecule has 9 aromatic carbocycles. The minimum Gasteiger partial charge on any atom is -0.455 e. The number of rotatable bonds is 6. The van der Waals surface area contributed by atoms with Gasteiger partial charge in [-0.25, -0.2) is 0 Å². The standard InChI is InChI=1S/C54H33NOS2/c1-2-10-36(11-3-1)41-14-8-15-43-45-32-37(24-30-48(45)56-54(41)43)34-20-26-39(27-21-34)55(47-16-9-19-52-53(47)44-13-5-7-18-50(44)58-52)40-28-22-35(23-29-40)38-25-31-51-46(33-38)42-12-4-6-17-49(42)57-51/h1-33H. The van der Waals surface area contributed by atoms with Gasteiger partial charge in [0, 0.05) is 68.1 Å². The van der Waals surface area contributed by atoms with Crippen molar-refractivity contribution in [3.05, 3.63) is 200 Å². The highest BCUT2D eigenvalue weighted by Gasteiger charge is 2.20. The molecule has 3 heterocycles. The lowest BCUT2D eigenvalue weighted by Crippen LogP contribution is -2.10. The third kappa shape index (κ3) is 5.37. The first kappa shape index (κ1) is 33.2. The van der Waals surface area contributed by atoms with Crippen molar-refractivity contribution in [2.75, 3.05) is 4.90 Å². The molecule has 0 aliphatic rings. The minimum atomic E-state index is 0.896. The second-order valence-electron chi connectivity index (χ2n) is 14.8. The number of hydrogen-bond acceptors (Lipinski definition) is 4. The van der Waals surface area contributed by atoms with Crippen molar-refractivity contribution in [3.8, 4) is 33.4 Å². The summed E-state index contributed by atoms with van der Waals surface area (Å²) < 4.78 is 11.7. The number of benzene rings is 9. The fourth-order valence-electron chi connectivity index (χ4n) is 8.70. The van der Waals surface area contributed by atoms with E-state index < -0.39 is 0 Å². The third-order valence-corrected chi connectivity index (χ3v) is 13.8. The summed E-state index contributed by atoms with van der Waals surface area (Å²) in [5.74, 6) is 0. The highest BCUT2D eigenvalue weighted by atomic mass is 32.1. The molecular weight excluding hydrogens is 743 g/mol. The predicted molar refractivity (Wildman–Crippen MR) is 250 cm³/mol. The van der Waals surface area contributed by atoms with Crippen LogP contribution in [-0.4, -0.2) is 0 Å². The highest BCUT2D eigenvalue weighted by molar-refractivity contribution is 7.26. The third-order valence-electron chi connectivity index (χ3n) is 11.5. The van der Waals surface area contributed by atoms with Gasteiger partial charge in [-0.1, -0.05) is 127 Å². The van der Waals surface area contributed by atoms with Gasteiger partial charge in [-0.3, -0.25) is 0 Å². The number of anilines is 3. The van der Waals surface area contributed by atoms with E-state index in [1.54, 1.807) is 0 Å². The van der Waals surface area contributed by atoms with Crippen molar-refractivity contribution >= 4 is 102 Å². The van der Waals surface area contributed by atoms with E-state index in [0.29, 0.717) is 0 Å². The van der Waals surface area contributed by atoms with Crippen LogP contribution in [0, 0.1) is 0 Å². The molecule has 4 heteroatoms. The second kappa shape index (κ2) is 13.3. The van der Waals surface area contributed by atoms with Crippen LogP contribution in [0.2, 0.25) is 0 Å². The zero-order chi connectivity index (χ0) is 38.2. The van der Waals surface area contributed by atoms with E-state index in [-0.39, 0.29) is 0 Å². The molecule has 0 unspecified atom stereocenters. The van der Waals surface area contributed by atoms with Crippen LogP contribution in [-0.2, 0) is 0 Å². The van der Waals surface area contributed by atoms with Gasteiger partial charge in [0.05, 0.1) is 5.69 Å². The monoisotopic (exact) mass is 775 g/mol. The lowest BCUT2D eigenvalue weighted by molar-refractivity contribution is 0.670. The summed E-state index contributed by atoms with van der Waals surface area (Å²) in [5.41, 5.74) is 12.2. The maximum Gasteiger partial charge on any atom is 0.143 e. The number of thiophene rings is 2. The Morgan fingerprint density at radius 1 is 0.345 bits per heavy atom. The van der Waals surface area contributed by atoms with E-state index in [4.69, 9.17) is 4.42 Å². The Morgan fingerprint density at radius 3 is 1.66 bits per heavy atom. The molecule has 0 radical (unpaired) electrons. The molecule has 0 aliphatic heterocycles. The fourth-order valence-corrected chi connectivity index (χ4v) is 10.9. The molecule has 0 fully saturated rings. The largest absolute Gasteiger partial charge is 0.455 e. The molecular formula is C54H33NOS2. The van der Waals surface area contributed by atoms with Crippen LogP contribution in [0.5, 0.6) is 0 Å². The highest BCUT2D eigenvalue weighted by Crippen LogP contribution is 2.46. The summed E-state index contributed by atoms with van der Waals surface area (Å²) in [7, 11) is 0. The number of furan rings is 1. The van der Waals surface area contributed by atoms with E-state index in [1.807, 2.05) is 28.7 Å². The molecule has 0 atom stereocenters. The summed E-state index contributed by atoms with van der Waals surface area (Å²) in [6.07, 6.45) is 0. The first-order chi connectivity index (χ1) is 28.7. The molecule has 12 aromatic rings. The molecule has 58 heavy (non-hydrogen) atoms. The zero-order valence-electron chi connectivity index (χ0n) is 31.2. The Hall–Kier alpha value is -6.98. The van der Waals surface area contributed by atoms with Crippen molar-refractivity contribution in [2.24, 2.45) is 0 Å². The van der Waals surface area contributed by atoms with Gasteiger partial charge < -0.3 is 9.32 Å². The van der Waals surface area contributed by atoms with Gasteiger partial charge in [0.2, 0.25) is 0 Å². The Bertz CT molecular complexity index is 3500. The molecule has 2 nitrogen and oxygen atoms in total. The smallest absolute Gasteiger partial charge is 0.143 e. The normalized spacial score (nSPS) is 11.8. The number of para-hydroxylation sites is 1. The lowest BCUT2D eigenvalue weighted by Gasteiger charge is -2.27. The average molecular weight is 776 g/mol. The number of hydrogen-bond donors (Lipinski definition) is 0. The van der Waals surface area contributed by atoms with E-state index in [0.717, 1.165) is 55.6 Å². The average Bonchev–Trinajstić information content (AvgIpc) is 3.98. The van der Waals surface area contributed by atoms with Crippen LogP contribution >= 0.6 is 22.7 Å². The SMILES string of the molecule is c1ccc(-c2cccc3c2oc2ccc(-c4ccc(N(c5ccc(-c6ccc7sc8ccccc8c7c6)cc5)c5cccc6sc7ccccc7c56)cc4)cc23)cc1.